The van der Waals surface area contributed by atoms with Crippen LogP contribution in [0.25, 0.3) is 17.1 Å². The van der Waals surface area contributed by atoms with Crippen molar-refractivity contribution in [1.29, 1.82) is 5.41 Å². The van der Waals surface area contributed by atoms with Crippen molar-refractivity contribution in [3.63, 3.8) is 0 Å². The number of nitrogens with two attached hydrogens (primary N) is 1. The maximum absolute atomic E-state index is 10.8. The van der Waals surface area contributed by atoms with Crippen molar-refractivity contribution < 1.29 is 5.11 Å². The summed E-state index contributed by atoms with van der Waals surface area (Å²) < 4.78 is 0. The van der Waals surface area contributed by atoms with E-state index >= 15 is 0 Å². The number of amidine groups is 1. The Hall–Kier alpha value is -4.39. The van der Waals surface area contributed by atoms with Crippen LogP contribution in [0.2, 0.25) is 0 Å². The van der Waals surface area contributed by atoms with Crippen molar-refractivity contribution in [1.82, 2.24) is 15.4 Å². The molecule has 6 N–H and O–H groups in total. The zero-order chi connectivity index (χ0) is 23.2. The number of hydrazone groups is 1. The number of allylic oxidation sites excluding steroid dienone is 1. The van der Waals surface area contributed by atoms with E-state index < -0.39 is 0 Å². The van der Waals surface area contributed by atoms with Gasteiger partial charge in [0.05, 0.1) is 11.0 Å². The molecule has 3 aromatic carbocycles. The number of hydrogen-bond acceptors (Lipinski definition) is 5. The van der Waals surface area contributed by atoms with Crippen LogP contribution in [0, 0.1) is 5.41 Å². The van der Waals surface area contributed by atoms with E-state index in [1.165, 1.54) is 17.2 Å². The number of aromatic amines is 1. The van der Waals surface area contributed by atoms with E-state index in [4.69, 9.17) is 11.1 Å². The number of imidazole rings is 1. The minimum atomic E-state index is -0.0211. The Labute approximate surface area is 192 Å². The highest BCUT2D eigenvalue weighted by molar-refractivity contribution is 6.13. The third-order valence-electron chi connectivity index (χ3n) is 5.32. The van der Waals surface area contributed by atoms with Crippen LogP contribution < -0.4 is 11.2 Å². The van der Waals surface area contributed by atoms with E-state index in [2.05, 4.69) is 56.9 Å². The number of aliphatic hydroxyl groups excluding tert-OH is 1. The van der Waals surface area contributed by atoms with Gasteiger partial charge >= 0.3 is 0 Å². The van der Waals surface area contributed by atoms with Crippen molar-refractivity contribution in [3.8, 4) is 0 Å². The molecule has 4 rings (SSSR count). The molecule has 0 fully saturated rings. The summed E-state index contributed by atoms with van der Waals surface area (Å²) >= 11 is 0. The summed E-state index contributed by atoms with van der Waals surface area (Å²) in [6.07, 6.45) is 3.44. The molecule has 0 spiro atoms. The van der Waals surface area contributed by atoms with Crippen molar-refractivity contribution >= 4 is 28.7 Å². The molecule has 33 heavy (non-hydrogen) atoms. The topological polar surface area (TPSA) is 123 Å². The number of fused-ring (bicyclic) bond motifs is 1. The molecule has 0 unspecified atom stereocenters. The number of aliphatic hydroxyl groups is 1. The van der Waals surface area contributed by atoms with E-state index in [0.717, 1.165) is 23.9 Å². The number of hydrogen-bond donors (Lipinski definition) is 5. The van der Waals surface area contributed by atoms with Gasteiger partial charge in [-0.05, 0) is 42.2 Å². The van der Waals surface area contributed by atoms with E-state index in [1.807, 2.05) is 18.2 Å². The molecule has 4 aromatic rings. The summed E-state index contributed by atoms with van der Waals surface area (Å²) in [5.41, 5.74) is 14.1. The van der Waals surface area contributed by atoms with Crippen LogP contribution in [-0.4, -0.2) is 33.7 Å². The number of H-pyrrole nitrogens is 1. The van der Waals surface area contributed by atoms with Crippen LogP contribution in [0.15, 0.2) is 83.7 Å². The summed E-state index contributed by atoms with van der Waals surface area (Å²) in [6.45, 7) is 0. The molecule has 0 aliphatic rings. The lowest BCUT2D eigenvalue weighted by Crippen LogP contribution is -2.10. The highest BCUT2D eigenvalue weighted by Crippen LogP contribution is 2.17. The lowest BCUT2D eigenvalue weighted by Gasteiger charge is -2.08. The second-order valence-corrected chi connectivity index (χ2v) is 7.66. The number of aromatic nitrogens is 2. The highest BCUT2D eigenvalue weighted by Gasteiger charge is 2.12. The van der Waals surface area contributed by atoms with Crippen LogP contribution in [0.5, 0.6) is 0 Å². The second-order valence-electron chi connectivity index (χ2n) is 7.66. The number of nitrogen functional groups attached to an aromatic ring is 1. The van der Waals surface area contributed by atoms with E-state index in [9.17, 15) is 5.11 Å². The fourth-order valence-corrected chi connectivity index (χ4v) is 3.61. The van der Waals surface area contributed by atoms with Crippen molar-refractivity contribution in [2.24, 2.45) is 10.8 Å². The van der Waals surface area contributed by atoms with Crippen LogP contribution in [-0.2, 0) is 12.8 Å². The Bertz CT molecular complexity index is 1320. The minimum absolute atomic E-state index is 0.0119. The van der Waals surface area contributed by atoms with Crippen molar-refractivity contribution in [2.45, 2.75) is 12.8 Å². The summed E-state index contributed by atoms with van der Waals surface area (Å²) in [5, 5.41) is 22.7. The maximum atomic E-state index is 10.8. The molecule has 1 heterocycles. The summed E-state index contributed by atoms with van der Waals surface area (Å²) in [5.74, 6) is 0.445. The molecule has 7 heteroatoms. The predicted molar refractivity (Wildman–Crippen MR) is 134 cm³/mol. The van der Waals surface area contributed by atoms with E-state index in [0.29, 0.717) is 22.6 Å². The van der Waals surface area contributed by atoms with Crippen LogP contribution in [0.4, 0.5) is 0 Å². The number of nitrogens with zero attached hydrogens (tertiary/aromatic N) is 2. The lowest BCUT2D eigenvalue weighted by atomic mass is 10.0. The first kappa shape index (κ1) is 21.8. The average Bonchev–Trinajstić information content (AvgIpc) is 3.23. The zero-order valence-electron chi connectivity index (χ0n) is 18.3. The zero-order valence-corrected chi connectivity index (χ0v) is 18.3. The fraction of sp³-hybridized carbons (Fsp3) is 0.115. The first-order valence-corrected chi connectivity index (χ1v) is 10.7. The molecule has 0 aliphatic heterocycles. The van der Waals surface area contributed by atoms with Gasteiger partial charge in [0.2, 0.25) is 0 Å². The van der Waals surface area contributed by atoms with Crippen molar-refractivity contribution in [2.75, 3.05) is 7.05 Å². The molecular weight excluding hydrogens is 412 g/mol. The van der Waals surface area contributed by atoms with Gasteiger partial charge in [0, 0.05) is 24.3 Å². The van der Waals surface area contributed by atoms with Crippen molar-refractivity contribution in [3.05, 3.63) is 107 Å². The molecule has 0 aliphatic carbocycles. The largest absolute Gasteiger partial charge is 0.505 e. The summed E-state index contributed by atoms with van der Waals surface area (Å²) in [7, 11) is 1.69. The molecular formula is C26H26N6O. The van der Waals surface area contributed by atoms with Gasteiger partial charge in [-0.2, -0.15) is 5.10 Å². The Morgan fingerprint density at radius 3 is 2.36 bits per heavy atom. The summed E-state index contributed by atoms with van der Waals surface area (Å²) in [6, 6.07) is 23.7. The SMILES string of the molecule is CN/N=C(\C(O)=C\c1nc2ccc(C(=N)N)cc2[nH]1)c1ccc(CCc2ccccc2)cc1. The number of rotatable bonds is 8. The molecule has 0 atom stereocenters. The Kier molecular flexibility index (Phi) is 6.50. The van der Waals surface area contributed by atoms with E-state index in [1.54, 1.807) is 25.2 Å². The fourth-order valence-electron chi connectivity index (χ4n) is 3.61. The molecule has 1 aromatic heterocycles. The third-order valence-corrected chi connectivity index (χ3v) is 5.32. The first-order chi connectivity index (χ1) is 16.0. The number of nitrogens with one attached hydrogen (secondary N) is 3. The molecule has 0 saturated heterocycles. The lowest BCUT2D eigenvalue weighted by molar-refractivity contribution is 0.447. The van der Waals surface area contributed by atoms with E-state index in [-0.39, 0.29) is 11.6 Å². The van der Waals surface area contributed by atoms with Gasteiger partial charge in [0.15, 0.2) is 0 Å². The van der Waals surface area contributed by atoms with Gasteiger partial charge in [-0.1, -0.05) is 54.6 Å². The molecule has 166 valence electrons. The monoisotopic (exact) mass is 438 g/mol. The average molecular weight is 439 g/mol. The highest BCUT2D eigenvalue weighted by atomic mass is 16.3. The van der Waals surface area contributed by atoms with Gasteiger partial charge in [0.25, 0.3) is 0 Å². The smallest absolute Gasteiger partial charge is 0.147 e. The number of benzene rings is 3. The number of aryl methyl sites for hydroxylation is 2. The van der Waals surface area contributed by atoms with Gasteiger partial charge in [-0.25, -0.2) is 4.98 Å². The quantitative estimate of drug-likeness (QED) is 0.123. The van der Waals surface area contributed by atoms with Gasteiger partial charge in [-0.15, -0.1) is 0 Å². The standard InChI is InChI=1S/C26H26N6O/c1-29-32-25(19-11-9-18(10-12-19)8-7-17-5-3-2-4-6-17)23(33)16-24-30-21-14-13-20(26(27)28)15-22(21)31-24/h2-6,9-16,29,33H,7-8H2,1H3,(H3,27,28)(H,30,31)/b23-16-,32-25-. The Balaban J connectivity index is 1.54. The minimum Gasteiger partial charge on any atom is -0.505 e. The molecule has 0 saturated carbocycles. The summed E-state index contributed by atoms with van der Waals surface area (Å²) in [4.78, 5) is 7.61. The predicted octanol–water partition coefficient (Wildman–Crippen LogP) is 4.15. The van der Waals surface area contributed by atoms with Gasteiger partial charge < -0.3 is 21.2 Å². The Morgan fingerprint density at radius 2 is 1.70 bits per heavy atom. The second kappa shape index (κ2) is 9.82. The Morgan fingerprint density at radius 1 is 1.03 bits per heavy atom. The molecule has 0 radical (unpaired) electrons. The van der Waals surface area contributed by atoms with Gasteiger partial charge in [0.1, 0.15) is 23.1 Å². The maximum Gasteiger partial charge on any atom is 0.147 e. The molecule has 7 nitrogen and oxygen atoms in total. The molecule has 0 bridgehead atoms. The van der Waals surface area contributed by atoms with Gasteiger partial charge in [-0.3, -0.25) is 5.41 Å². The van der Waals surface area contributed by atoms with Crippen LogP contribution in [0.1, 0.15) is 28.1 Å². The van der Waals surface area contributed by atoms with Crippen LogP contribution >= 0.6 is 0 Å². The first-order valence-electron chi connectivity index (χ1n) is 10.7. The normalized spacial score (nSPS) is 12.2. The third kappa shape index (κ3) is 5.27. The van der Waals surface area contributed by atoms with Crippen LogP contribution in [0.3, 0.4) is 0 Å². The molecule has 0 amide bonds.